The van der Waals surface area contributed by atoms with E-state index in [0.717, 1.165) is 41.3 Å². The van der Waals surface area contributed by atoms with Crippen LogP contribution in [0.1, 0.15) is 49.7 Å². The van der Waals surface area contributed by atoms with E-state index in [1.165, 1.54) is 0 Å². The maximum Gasteiger partial charge on any atom is 0.225 e. The number of nitrogens with two attached hydrogens (primary N) is 1. The molecule has 1 heterocycles. The minimum absolute atomic E-state index is 0.313. The van der Waals surface area contributed by atoms with Crippen LogP contribution in [0.2, 0.25) is 0 Å². The van der Waals surface area contributed by atoms with Crippen LogP contribution in [0.25, 0.3) is 0 Å². The van der Waals surface area contributed by atoms with Gasteiger partial charge in [-0.15, -0.1) is 0 Å². The van der Waals surface area contributed by atoms with Gasteiger partial charge in [0.05, 0.1) is 5.92 Å². The summed E-state index contributed by atoms with van der Waals surface area (Å²) in [5, 5.41) is 0. The van der Waals surface area contributed by atoms with Crippen LogP contribution in [0.5, 0.6) is 5.75 Å². The zero-order valence-corrected chi connectivity index (χ0v) is 12.5. The summed E-state index contributed by atoms with van der Waals surface area (Å²) in [7, 11) is 0. The van der Waals surface area contributed by atoms with E-state index in [-0.39, 0.29) is 11.8 Å². The van der Waals surface area contributed by atoms with Crippen molar-refractivity contribution in [2.24, 2.45) is 5.73 Å². The first-order valence-corrected chi connectivity index (χ1v) is 7.34. The van der Waals surface area contributed by atoms with E-state index in [9.17, 15) is 4.79 Å². The van der Waals surface area contributed by atoms with Crippen LogP contribution in [-0.2, 0) is 16.3 Å². The highest BCUT2D eigenvalue weighted by Gasteiger charge is 2.27. The molecule has 19 heavy (non-hydrogen) atoms. The Hall–Kier alpha value is -1.07. The molecule has 1 aromatic rings. The molecular weight excluding hydrogens is 310 g/mol. The molecule has 1 aromatic carbocycles. The van der Waals surface area contributed by atoms with Gasteiger partial charge in [-0.25, -0.2) is 0 Å². The lowest BCUT2D eigenvalue weighted by atomic mass is 9.90. The number of primary amides is 1. The van der Waals surface area contributed by atoms with Crippen molar-refractivity contribution in [2.75, 3.05) is 0 Å². The average molecular weight is 328 g/mol. The smallest absolute Gasteiger partial charge is 0.225 e. The van der Waals surface area contributed by atoms with Gasteiger partial charge >= 0.3 is 0 Å². The molecule has 1 unspecified atom stereocenters. The fourth-order valence-corrected chi connectivity index (χ4v) is 2.87. The number of hydrogen-bond acceptors (Lipinski definition) is 3. The summed E-state index contributed by atoms with van der Waals surface area (Å²) in [6.07, 6.45) is 3.93. The Bertz CT molecular complexity index is 476. The third kappa shape index (κ3) is 3.28. The van der Waals surface area contributed by atoms with Crippen LogP contribution in [0, 0.1) is 0 Å². The lowest BCUT2D eigenvalue weighted by molar-refractivity contribution is -0.195. The Kier molecular flexibility index (Phi) is 4.82. The largest absolute Gasteiger partial charge is 0.369 e. The van der Waals surface area contributed by atoms with Crippen molar-refractivity contribution in [3.63, 3.8) is 0 Å². The van der Waals surface area contributed by atoms with Crippen molar-refractivity contribution < 1.29 is 14.6 Å². The van der Waals surface area contributed by atoms with Gasteiger partial charge in [0.15, 0.2) is 5.75 Å². The van der Waals surface area contributed by atoms with Gasteiger partial charge in [-0.05, 0) is 18.6 Å². The highest BCUT2D eigenvalue weighted by molar-refractivity contribution is 9.10. The molecule has 1 aliphatic rings. The Morgan fingerprint density at radius 1 is 1.47 bits per heavy atom. The van der Waals surface area contributed by atoms with Crippen LogP contribution in [-0.4, -0.2) is 5.91 Å². The van der Waals surface area contributed by atoms with Crippen molar-refractivity contribution in [3.05, 3.63) is 27.7 Å². The predicted molar refractivity (Wildman–Crippen MR) is 75.6 cm³/mol. The number of unbranched alkanes of at least 4 members (excludes halogenated alkanes) is 2. The minimum atomic E-state index is -0.320. The molecule has 0 saturated carbocycles. The molecule has 0 saturated heterocycles. The third-order valence-electron chi connectivity index (χ3n) is 3.33. The maximum absolute atomic E-state index is 11.7. The van der Waals surface area contributed by atoms with Gasteiger partial charge in [0.1, 0.15) is 6.61 Å². The van der Waals surface area contributed by atoms with Crippen LogP contribution >= 0.6 is 15.9 Å². The van der Waals surface area contributed by atoms with Gasteiger partial charge in [0.2, 0.25) is 5.91 Å². The summed E-state index contributed by atoms with van der Waals surface area (Å²) in [6.45, 7) is 2.54. The average Bonchev–Trinajstić information content (AvgIpc) is 2.81. The predicted octanol–water partition coefficient (Wildman–Crippen LogP) is 3.42. The van der Waals surface area contributed by atoms with Crippen molar-refractivity contribution in [1.29, 1.82) is 0 Å². The number of carbonyl (C=O) groups excluding carboxylic acids is 1. The first-order chi connectivity index (χ1) is 9.13. The number of rotatable bonds is 6. The van der Waals surface area contributed by atoms with E-state index >= 15 is 0 Å². The topological polar surface area (TPSA) is 61.6 Å². The second-order valence-corrected chi connectivity index (χ2v) is 5.70. The Morgan fingerprint density at radius 3 is 2.95 bits per heavy atom. The molecule has 1 atom stereocenters. The lowest BCUT2D eigenvalue weighted by Gasteiger charge is -2.16. The molecule has 0 aromatic heterocycles. The second-order valence-electron chi connectivity index (χ2n) is 4.78. The summed E-state index contributed by atoms with van der Waals surface area (Å²) in [5.41, 5.74) is 7.32. The molecule has 1 aliphatic heterocycles. The standard InChI is InChI=1S/C14H18BrNO3/c1-2-3-4-5-11(14(16)17)12-7-10(15)6-9-8-18-19-13(9)12/h6-7,11H,2-5,8H2,1H3,(H2,16,17). The van der Waals surface area contributed by atoms with Crippen LogP contribution in [0.15, 0.2) is 16.6 Å². The molecule has 5 heteroatoms. The first kappa shape index (κ1) is 14.3. The van der Waals surface area contributed by atoms with E-state index < -0.39 is 0 Å². The van der Waals surface area contributed by atoms with Gasteiger partial charge < -0.3 is 10.6 Å². The van der Waals surface area contributed by atoms with Crippen molar-refractivity contribution in [2.45, 2.75) is 45.1 Å². The Morgan fingerprint density at radius 2 is 2.26 bits per heavy atom. The fraction of sp³-hybridized carbons (Fsp3) is 0.500. The van der Waals surface area contributed by atoms with Gasteiger partial charge in [-0.2, -0.15) is 4.89 Å². The zero-order chi connectivity index (χ0) is 13.8. The molecule has 1 amide bonds. The second kappa shape index (κ2) is 6.39. The van der Waals surface area contributed by atoms with Gasteiger partial charge in [0.25, 0.3) is 0 Å². The molecule has 0 fully saturated rings. The van der Waals surface area contributed by atoms with Crippen LogP contribution in [0.4, 0.5) is 0 Å². The molecule has 2 N–H and O–H groups in total. The van der Waals surface area contributed by atoms with E-state index in [1.54, 1.807) is 0 Å². The van der Waals surface area contributed by atoms with Crippen LogP contribution < -0.4 is 10.6 Å². The summed E-state index contributed by atoms with van der Waals surface area (Å²) in [4.78, 5) is 21.9. The van der Waals surface area contributed by atoms with E-state index in [1.807, 2.05) is 12.1 Å². The highest BCUT2D eigenvalue weighted by Crippen LogP contribution is 2.39. The van der Waals surface area contributed by atoms with E-state index in [0.29, 0.717) is 12.4 Å². The number of halogens is 1. The number of hydrogen-bond donors (Lipinski definition) is 1. The fourth-order valence-electron chi connectivity index (χ4n) is 2.34. The zero-order valence-electron chi connectivity index (χ0n) is 10.9. The van der Waals surface area contributed by atoms with Crippen molar-refractivity contribution in [3.8, 4) is 5.75 Å². The summed E-state index contributed by atoms with van der Waals surface area (Å²) in [5.74, 6) is 0.0231. The van der Waals surface area contributed by atoms with E-state index in [4.69, 9.17) is 15.5 Å². The number of benzene rings is 1. The number of carbonyl (C=O) groups is 1. The van der Waals surface area contributed by atoms with Gasteiger partial charge in [0, 0.05) is 15.6 Å². The van der Waals surface area contributed by atoms with Gasteiger partial charge in [-0.1, -0.05) is 42.1 Å². The SMILES string of the molecule is CCCCCC(C(N)=O)c1cc(Br)cc2c1OOC2. The van der Waals surface area contributed by atoms with Crippen LogP contribution in [0.3, 0.4) is 0 Å². The van der Waals surface area contributed by atoms with Gasteiger partial charge in [-0.3, -0.25) is 4.79 Å². The minimum Gasteiger partial charge on any atom is -0.369 e. The van der Waals surface area contributed by atoms with Crippen molar-refractivity contribution in [1.82, 2.24) is 0 Å². The molecule has 0 spiro atoms. The molecule has 0 radical (unpaired) electrons. The highest BCUT2D eigenvalue weighted by atomic mass is 79.9. The number of amides is 1. The monoisotopic (exact) mass is 327 g/mol. The summed E-state index contributed by atoms with van der Waals surface area (Å²) in [6, 6.07) is 3.84. The third-order valence-corrected chi connectivity index (χ3v) is 3.79. The lowest BCUT2D eigenvalue weighted by Crippen LogP contribution is -2.22. The molecule has 0 bridgehead atoms. The first-order valence-electron chi connectivity index (χ1n) is 6.54. The molecule has 104 valence electrons. The van der Waals surface area contributed by atoms with Crippen molar-refractivity contribution >= 4 is 21.8 Å². The Balaban J connectivity index is 2.28. The Labute approximate surface area is 121 Å². The molecular formula is C14H18BrNO3. The summed E-state index contributed by atoms with van der Waals surface area (Å²) < 4.78 is 0.914. The summed E-state index contributed by atoms with van der Waals surface area (Å²) >= 11 is 3.45. The molecule has 2 rings (SSSR count). The quantitative estimate of drug-likeness (QED) is 0.643. The molecule has 0 aliphatic carbocycles. The normalized spacial score (nSPS) is 14.8. The number of fused-ring (bicyclic) bond motifs is 1. The van der Waals surface area contributed by atoms with E-state index in [2.05, 4.69) is 22.9 Å². The maximum atomic E-state index is 11.7. The molecule has 4 nitrogen and oxygen atoms in total.